The van der Waals surface area contributed by atoms with Crippen molar-refractivity contribution in [2.45, 2.75) is 11.5 Å². The van der Waals surface area contributed by atoms with E-state index in [1.165, 1.54) is 0 Å². The van der Waals surface area contributed by atoms with E-state index in [2.05, 4.69) is 0 Å². The minimum absolute atomic E-state index is 0.246. The normalized spacial score (nSPS) is 27.4. The molecule has 160 valence electrons. The quantitative estimate of drug-likeness (QED) is 0.426. The number of rotatable bonds is 1. The van der Waals surface area contributed by atoms with Gasteiger partial charge in [-0.15, -0.1) is 0 Å². The average molecular weight is 505 g/mol. The number of carbonyl (C=O) groups is 2. The SMILES string of the molecule is O=C1C2C3c4c(Cl)ccc(Cl)c4C(O)(c4c(Cl)ccc(Cl)c43)C2C(=O)N1c1ccccc1. The maximum Gasteiger partial charge on any atom is 0.241 e. The highest BCUT2D eigenvalue weighted by Gasteiger charge is 2.70. The summed E-state index contributed by atoms with van der Waals surface area (Å²) in [4.78, 5) is 28.6. The zero-order valence-electron chi connectivity index (χ0n) is 16.2. The molecule has 3 aromatic carbocycles. The number of amides is 2. The largest absolute Gasteiger partial charge is 0.379 e. The van der Waals surface area contributed by atoms with Crippen molar-refractivity contribution in [3.63, 3.8) is 0 Å². The molecule has 1 N–H and O–H groups in total. The first kappa shape index (κ1) is 20.5. The van der Waals surface area contributed by atoms with Gasteiger partial charge >= 0.3 is 0 Å². The molecule has 4 nitrogen and oxygen atoms in total. The smallest absolute Gasteiger partial charge is 0.241 e. The lowest BCUT2D eigenvalue weighted by Gasteiger charge is -2.52. The molecule has 1 heterocycles. The molecule has 3 aliphatic carbocycles. The van der Waals surface area contributed by atoms with Crippen LogP contribution in [0.2, 0.25) is 20.1 Å². The first-order valence-corrected chi connectivity index (χ1v) is 11.4. The van der Waals surface area contributed by atoms with Crippen LogP contribution in [0, 0.1) is 11.8 Å². The van der Waals surface area contributed by atoms with Crippen LogP contribution in [0.4, 0.5) is 5.69 Å². The Kier molecular flexibility index (Phi) is 4.31. The van der Waals surface area contributed by atoms with E-state index in [0.717, 1.165) is 4.90 Å². The number of anilines is 1. The fourth-order valence-electron chi connectivity index (χ4n) is 5.76. The lowest BCUT2D eigenvalue weighted by molar-refractivity contribution is -0.133. The summed E-state index contributed by atoms with van der Waals surface area (Å²) in [7, 11) is 0. The molecule has 0 saturated carbocycles. The van der Waals surface area contributed by atoms with E-state index in [4.69, 9.17) is 46.4 Å². The summed E-state index contributed by atoms with van der Waals surface area (Å²) in [5, 5.41) is 13.5. The van der Waals surface area contributed by atoms with Crippen molar-refractivity contribution < 1.29 is 14.7 Å². The molecule has 4 aliphatic rings. The van der Waals surface area contributed by atoms with Gasteiger partial charge in [0, 0.05) is 37.1 Å². The molecule has 1 aliphatic heterocycles. The molecular weight excluding hydrogens is 492 g/mol. The van der Waals surface area contributed by atoms with Gasteiger partial charge in [0.2, 0.25) is 11.8 Å². The van der Waals surface area contributed by atoms with Gasteiger partial charge in [0.25, 0.3) is 0 Å². The van der Waals surface area contributed by atoms with Crippen LogP contribution >= 0.6 is 46.4 Å². The molecule has 0 radical (unpaired) electrons. The van der Waals surface area contributed by atoms with E-state index in [-0.39, 0.29) is 10.0 Å². The van der Waals surface area contributed by atoms with Crippen LogP contribution in [0.1, 0.15) is 28.2 Å². The number of aliphatic hydroxyl groups is 1. The summed E-state index contributed by atoms with van der Waals surface area (Å²) in [5.74, 6) is -3.63. The zero-order chi connectivity index (χ0) is 22.5. The molecule has 2 bridgehead atoms. The van der Waals surface area contributed by atoms with Crippen molar-refractivity contribution in [3.05, 3.63) is 96.9 Å². The first-order valence-electron chi connectivity index (χ1n) is 9.90. The lowest BCUT2D eigenvalue weighted by Crippen LogP contribution is -2.54. The summed E-state index contributed by atoms with van der Waals surface area (Å²) in [6.07, 6.45) is 0. The highest BCUT2D eigenvalue weighted by molar-refractivity contribution is 6.37. The van der Waals surface area contributed by atoms with Gasteiger partial charge in [0.1, 0.15) is 5.60 Å². The second-order valence-electron chi connectivity index (χ2n) is 8.23. The van der Waals surface area contributed by atoms with Gasteiger partial charge in [-0.2, -0.15) is 0 Å². The summed E-state index contributed by atoms with van der Waals surface area (Å²) in [5.41, 5.74) is 0.106. The van der Waals surface area contributed by atoms with Crippen molar-refractivity contribution in [2.75, 3.05) is 4.90 Å². The zero-order valence-corrected chi connectivity index (χ0v) is 19.2. The molecule has 1 saturated heterocycles. The van der Waals surface area contributed by atoms with Gasteiger partial charge in [-0.05, 0) is 47.5 Å². The number of carbonyl (C=O) groups excluding carboxylic acids is 2. The Morgan fingerprint density at radius 1 is 0.719 bits per heavy atom. The van der Waals surface area contributed by atoms with E-state index in [9.17, 15) is 14.7 Å². The molecule has 2 unspecified atom stereocenters. The first-order chi connectivity index (χ1) is 15.3. The number of para-hydroxylation sites is 1. The van der Waals surface area contributed by atoms with Gasteiger partial charge in [-0.1, -0.05) is 64.6 Å². The maximum atomic E-state index is 13.8. The third kappa shape index (κ3) is 2.29. The van der Waals surface area contributed by atoms with Gasteiger partial charge < -0.3 is 5.11 Å². The summed E-state index contributed by atoms with van der Waals surface area (Å²) < 4.78 is 0. The molecular formula is C24H13Cl4NO3. The highest BCUT2D eigenvalue weighted by atomic mass is 35.5. The van der Waals surface area contributed by atoms with Crippen LogP contribution in [0.5, 0.6) is 0 Å². The molecule has 2 atom stereocenters. The van der Waals surface area contributed by atoms with Crippen LogP contribution in [-0.2, 0) is 15.2 Å². The third-order valence-corrected chi connectivity index (χ3v) is 8.13. The Morgan fingerprint density at radius 3 is 1.75 bits per heavy atom. The molecule has 2 amide bonds. The van der Waals surface area contributed by atoms with Crippen molar-refractivity contribution in [1.82, 2.24) is 0 Å². The van der Waals surface area contributed by atoms with Crippen LogP contribution in [-0.4, -0.2) is 16.9 Å². The van der Waals surface area contributed by atoms with Crippen LogP contribution < -0.4 is 4.90 Å². The predicted molar refractivity (Wildman–Crippen MR) is 124 cm³/mol. The van der Waals surface area contributed by atoms with Crippen LogP contribution in [0.25, 0.3) is 0 Å². The molecule has 32 heavy (non-hydrogen) atoms. The standard InChI is InChI=1S/C24H13Cl4NO3/c25-11-6-8-13(27)19-15(11)17-16-12(26)7-9-14(28)20(16)24(19,32)21-18(17)22(30)29(23(21)31)10-4-2-1-3-5-10/h1-9,17-18,21,32H. The topological polar surface area (TPSA) is 57.6 Å². The van der Waals surface area contributed by atoms with Gasteiger partial charge in [-0.25, -0.2) is 4.90 Å². The Bertz CT molecular complexity index is 1300. The number of hydrogen-bond donors (Lipinski definition) is 1. The highest BCUT2D eigenvalue weighted by Crippen LogP contribution is 2.67. The van der Waals surface area contributed by atoms with Gasteiger partial charge in [-0.3, -0.25) is 9.59 Å². The third-order valence-electron chi connectivity index (χ3n) is 6.84. The van der Waals surface area contributed by atoms with Crippen molar-refractivity contribution in [1.29, 1.82) is 0 Å². The number of imide groups is 1. The van der Waals surface area contributed by atoms with E-state index in [1.54, 1.807) is 54.6 Å². The van der Waals surface area contributed by atoms with Crippen molar-refractivity contribution >= 4 is 63.9 Å². The molecule has 7 rings (SSSR count). The van der Waals surface area contributed by atoms with E-state index >= 15 is 0 Å². The number of nitrogens with zero attached hydrogens (tertiary/aromatic N) is 1. The molecule has 0 spiro atoms. The summed E-state index contributed by atoms with van der Waals surface area (Å²) >= 11 is 26.4. The predicted octanol–water partition coefficient (Wildman–Crippen LogP) is 5.80. The number of hydrogen-bond acceptors (Lipinski definition) is 3. The minimum atomic E-state index is -1.97. The molecule has 8 heteroatoms. The summed E-state index contributed by atoms with van der Waals surface area (Å²) in [6.45, 7) is 0. The van der Waals surface area contributed by atoms with Crippen LogP contribution in [0.3, 0.4) is 0 Å². The number of benzene rings is 3. The fourth-order valence-corrected chi connectivity index (χ4v) is 6.92. The van der Waals surface area contributed by atoms with Crippen molar-refractivity contribution in [3.8, 4) is 0 Å². The van der Waals surface area contributed by atoms with E-state index in [1.807, 2.05) is 0 Å². The van der Waals surface area contributed by atoms with Gasteiger partial charge in [0.15, 0.2) is 0 Å². The fraction of sp³-hybridized carbons (Fsp3) is 0.167. The van der Waals surface area contributed by atoms with Gasteiger partial charge in [0.05, 0.1) is 17.5 Å². The molecule has 0 aromatic heterocycles. The second-order valence-corrected chi connectivity index (χ2v) is 9.86. The van der Waals surface area contributed by atoms with Crippen molar-refractivity contribution in [2.24, 2.45) is 11.8 Å². The summed E-state index contributed by atoms with van der Waals surface area (Å²) in [6, 6.07) is 15.0. The van der Waals surface area contributed by atoms with E-state index in [0.29, 0.717) is 38.0 Å². The average Bonchev–Trinajstić information content (AvgIpc) is 3.05. The monoisotopic (exact) mass is 503 g/mol. The Morgan fingerprint density at radius 2 is 1.22 bits per heavy atom. The molecule has 3 aromatic rings. The lowest BCUT2D eigenvalue weighted by atomic mass is 9.52. The maximum absolute atomic E-state index is 13.8. The number of halogens is 4. The second kappa shape index (κ2) is 6.72. The van der Waals surface area contributed by atoms with Crippen LogP contribution in [0.15, 0.2) is 54.6 Å². The Labute approximate surface area is 203 Å². The Hall–Kier alpha value is -2.08. The minimum Gasteiger partial charge on any atom is -0.379 e. The molecule has 1 fully saturated rings. The Balaban J connectivity index is 1.72. The van der Waals surface area contributed by atoms with E-state index < -0.39 is 35.2 Å².